The van der Waals surface area contributed by atoms with Crippen LogP contribution in [-0.4, -0.2) is 27.1 Å². The maximum Gasteiger partial charge on any atom is 0.354 e. The van der Waals surface area contributed by atoms with Crippen molar-refractivity contribution >= 4 is 11.9 Å². The topological polar surface area (TPSA) is 75.1 Å². The number of aromatic carboxylic acids is 1. The van der Waals surface area contributed by atoms with Crippen molar-refractivity contribution in [2.75, 3.05) is 5.32 Å². The molecule has 17 heavy (non-hydrogen) atoms. The van der Waals surface area contributed by atoms with Crippen LogP contribution in [0.5, 0.6) is 0 Å². The van der Waals surface area contributed by atoms with Crippen molar-refractivity contribution in [3.8, 4) is 0 Å². The predicted molar refractivity (Wildman–Crippen MR) is 64.2 cm³/mol. The average Bonchev–Trinajstić information content (AvgIpc) is 2.63. The van der Waals surface area contributed by atoms with E-state index in [2.05, 4.69) is 22.2 Å². The minimum Gasteiger partial charge on any atom is -0.477 e. The molecule has 0 radical (unpaired) electrons. The van der Waals surface area contributed by atoms with Crippen molar-refractivity contribution < 1.29 is 9.90 Å². The Hall–Kier alpha value is -1.65. The summed E-state index contributed by atoms with van der Waals surface area (Å²) in [6.45, 7) is 4.00. The molecular weight excluding hydrogens is 218 g/mol. The number of anilines is 1. The van der Waals surface area contributed by atoms with Crippen LogP contribution in [0.15, 0.2) is 6.07 Å². The molecule has 0 spiro atoms. The molecule has 5 heteroatoms. The summed E-state index contributed by atoms with van der Waals surface area (Å²) in [6, 6.07) is 1.85. The Balaban J connectivity index is 2.12. The van der Waals surface area contributed by atoms with Gasteiger partial charge in [-0.2, -0.15) is 0 Å². The zero-order chi connectivity index (χ0) is 12.4. The first-order valence-corrected chi connectivity index (χ1v) is 5.90. The maximum absolute atomic E-state index is 10.9. The van der Waals surface area contributed by atoms with Gasteiger partial charge in [-0.15, -0.1) is 0 Å². The summed E-state index contributed by atoms with van der Waals surface area (Å²) in [5.74, 6) is 0.135. The molecule has 2 N–H and O–H groups in total. The highest BCUT2D eigenvalue weighted by molar-refractivity contribution is 5.85. The van der Waals surface area contributed by atoms with Crippen LogP contribution in [0.25, 0.3) is 0 Å². The van der Waals surface area contributed by atoms with Crippen LogP contribution < -0.4 is 5.32 Å². The predicted octanol–water partition coefficient (Wildman–Crippen LogP) is 2.08. The molecule has 0 saturated heterocycles. The third-order valence-corrected chi connectivity index (χ3v) is 3.10. The normalized spacial score (nSPS) is 23.6. The highest BCUT2D eigenvalue weighted by Gasteiger charge is 2.22. The number of carboxylic acid groups (broad SMARTS) is 1. The maximum atomic E-state index is 10.9. The lowest BCUT2D eigenvalue weighted by Gasteiger charge is -2.12. The molecular formula is C12H17N3O2. The van der Waals surface area contributed by atoms with Gasteiger partial charge >= 0.3 is 5.97 Å². The van der Waals surface area contributed by atoms with Gasteiger partial charge in [-0.1, -0.05) is 6.92 Å². The van der Waals surface area contributed by atoms with E-state index >= 15 is 0 Å². The van der Waals surface area contributed by atoms with Gasteiger partial charge in [0.25, 0.3) is 0 Å². The molecule has 1 saturated carbocycles. The fraction of sp³-hybridized carbons (Fsp3) is 0.583. The van der Waals surface area contributed by atoms with Crippen LogP contribution in [0, 0.1) is 12.8 Å². The van der Waals surface area contributed by atoms with E-state index in [1.807, 2.05) is 0 Å². The molecule has 0 amide bonds. The van der Waals surface area contributed by atoms with Gasteiger partial charge < -0.3 is 10.4 Å². The van der Waals surface area contributed by atoms with E-state index in [4.69, 9.17) is 5.11 Å². The van der Waals surface area contributed by atoms with Gasteiger partial charge in [0.2, 0.25) is 5.95 Å². The number of rotatable bonds is 3. The van der Waals surface area contributed by atoms with Crippen LogP contribution in [0.3, 0.4) is 0 Å². The van der Waals surface area contributed by atoms with Crippen molar-refractivity contribution in [3.05, 3.63) is 17.5 Å². The summed E-state index contributed by atoms with van der Waals surface area (Å²) in [5.41, 5.74) is 0.719. The summed E-state index contributed by atoms with van der Waals surface area (Å²) in [7, 11) is 0. The molecule has 1 aromatic rings. The van der Waals surface area contributed by atoms with E-state index in [9.17, 15) is 4.79 Å². The molecule has 2 atom stereocenters. The smallest absolute Gasteiger partial charge is 0.354 e. The quantitative estimate of drug-likeness (QED) is 0.839. The third-order valence-electron chi connectivity index (χ3n) is 3.10. The summed E-state index contributed by atoms with van der Waals surface area (Å²) in [5, 5.41) is 12.1. The molecule has 1 aliphatic rings. The van der Waals surface area contributed by atoms with E-state index in [0.717, 1.165) is 18.8 Å². The number of hydrogen-bond donors (Lipinski definition) is 2. The number of carboxylic acids is 1. The average molecular weight is 235 g/mol. The Kier molecular flexibility index (Phi) is 3.26. The first-order chi connectivity index (χ1) is 8.04. The molecule has 0 bridgehead atoms. The first-order valence-electron chi connectivity index (χ1n) is 5.90. The Morgan fingerprint density at radius 3 is 2.82 bits per heavy atom. The largest absolute Gasteiger partial charge is 0.477 e. The molecule has 0 aromatic carbocycles. The van der Waals surface area contributed by atoms with Crippen LogP contribution in [0.2, 0.25) is 0 Å². The van der Waals surface area contributed by atoms with Crippen molar-refractivity contribution in [3.63, 3.8) is 0 Å². The Bertz CT molecular complexity index is 434. The minimum atomic E-state index is -1.02. The Labute approximate surface area is 100 Å². The molecule has 0 aliphatic heterocycles. The molecule has 1 heterocycles. The van der Waals surface area contributed by atoms with Crippen molar-refractivity contribution in [1.82, 2.24) is 9.97 Å². The standard InChI is InChI=1S/C12H17N3O2/c1-7-3-4-9(5-7)14-12-13-8(2)6-10(15-12)11(16)17/h6-7,9H,3-5H2,1-2H3,(H,16,17)(H,13,14,15). The van der Waals surface area contributed by atoms with Gasteiger partial charge in [-0.3, -0.25) is 0 Å². The van der Waals surface area contributed by atoms with Crippen LogP contribution >= 0.6 is 0 Å². The van der Waals surface area contributed by atoms with E-state index in [-0.39, 0.29) is 5.69 Å². The minimum absolute atomic E-state index is 0.0473. The number of aromatic nitrogens is 2. The summed E-state index contributed by atoms with van der Waals surface area (Å²) < 4.78 is 0. The Morgan fingerprint density at radius 1 is 1.47 bits per heavy atom. The number of aryl methyl sites for hydroxylation is 1. The fourth-order valence-corrected chi connectivity index (χ4v) is 2.26. The summed E-state index contributed by atoms with van der Waals surface area (Å²) in [4.78, 5) is 19.1. The van der Waals surface area contributed by atoms with Crippen LogP contribution in [0.4, 0.5) is 5.95 Å². The van der Waals surface area contributed by atoms with Crippen molar-refractivity contribution in [2.45, 2.75) is 39.2 Å². The molecule has 92 valence electrons. The molecule has 2 rings (SSSR count). The molecule has 1 fully saturated rings. The first kappa shape index (κ1) is 11.8. The fourth-order valence-electron chi connectivity index (χ4n) is 2.26. The van der Waals surface area contributed by atoms with E-state index in [1.165, 1.54) is 12.5 Å². The lowest BCUT2D eigenvalue weighted by molar-refractivity contribution is 0.0690. The third kappa shape index (κ3) is 2.93. The van der Waals surface area contributed by atoms with E-state index < -0.39 is 5.97 Å². The second kappa shape index (κ2) is 4.69. The summed E-state index contributed by atoms with van der Waals surface area (Å²) >= 11 is 0. The number of carbonyl (C=O) groups is 1. The SMILES string of the molecule is Cc1cc(C(=O)O)nc(NC2CCC(C)C2)n1. The zero-order valence-electron chi connectivity index (χ0n) is 10.1. The monoisotopic (exact) mass is 235 g/mol. The van der Waals surface area contributed by atoms with Crippen molar-refractivity contribution in [1.29, 1.82) is 0 Å². The molecule has 1 aromatic heterocycles. The lowest BCUT2D eigenvalue weighted by atomic mass is 10.1. The second-order valence-electron chi connectivity index (χ2n) is 4.78. The number of nitrogens with zero attached hydrogens (tertiary/aromatic N) is 2. The van der Waals surface area contributed by atoms with Crippen LogP contribution in [0.1, 0.15) is 42.4 Å². The summed E-state index contributed by atoms with van der Waals surface area (Å²) in [6.07, 6.45) is 3.40. The lowest BCUT2D eigenvalue weighted by Crippen LogP contribution is -2.18. The molecule has 5 nitrogen and oxygen atoms in total. The van der Waals surface area contributed by atoms with Crippen molar-refractivity contribution in [2.24, 2.45) is 5.92 Å². The number of hydrogen-bond acceptors (Lipinski definition) is 4. The second-order valence-corrected chi connectivity index (χ2v) is 4.78. The van der Waals surface area contributed by atoms with Gasteiger partial charge in [0.05, 0.1) is 0 Å². The van der Waals surface area contributed by atoms with Gasteiger partial charge in [0, 0.05) is 11.7 Å². The molecule has 2 unspecified atom stereocenters. The number of nitrogens with one attached hydrogen (secondary N) is 1. The highest BCUT2D eigenvalue weighted by atomic mass is 16.4. The zero-order valence-corrected chi connectivity index (χ0v) is 10.1. The van der Waals surface area contributed by atoms with E-state index in [1.54, 1.807) is 6.92 Å². The van der Waals surface area contributed by atoms with E-state index in [0.29, 0.717) is 17.7 Å². The molecule has 1 aliphatic carbocycles. The van der Waals surface area contributed by atoms with Gasteiger partial charge in [0.15, 0.2) is 5.69 Å². The van der Waals surface area contributed by atoms with Gasteiger partial charge in [0.1, 0.15) is 0 Å². The van der Waals surface area contributed by atoms with Gasteiger partial charge in [-0.05, 0) is 38.2 Å². The Morgan fingerprint density at radius 2 is 2.24 bits per heavy atom. The van der Waals surface area contributed by atoms with Gasteiger partial charge in [-0.25, -0.2) is 14.8 Å². The van der Waals surface area contributed by atoms with Crippen LogP contribution in [-0.2, 0) is 0 Å². The highest BCUT2D eigenvalue weighted by Crippen LogP contribution is 2.26.